The molecule has 0 saturated heterocycles. The molecular weight excluding hydrogens is 304 g/mol. The standard InChI is InChI=1S/C19H28N2O3/c1-12(2)14-10-16-15(6-4-9-22)13(3)21(8-5-7-20)18(16)17(11-14)19(23)24/h10-12,22H,4-9,20H2,1-3H3,(H,23,24). The predicted octanol–water partition coefficient (Wildman–Crippen LogP) is 3.05. The van der Waals surface area contributed by atoms with Crippen molar-refractivity contribution in [1.82, 2.24) is 4.57 Å². The van der Waals surface area contributed by atoms with E-state index < -0.39 is 5.97 Å². The van der Waals surface area contributed by atoms with Gasteiger partial charge in [0, 0.05) is 24.2 Å². The third-order valence-electron chi connectivity index (χ3n) is 4.64. The average molecular weight is 332 g/mol. The van der Waals surface area contributed by atoms with Gasteiger partial charge in [-0.3, -0.25) is 0 Å². The van der Waals surface area contributed by atoms with E-state index in [1.54, 1.807) is 6.07 Å². The zero-order chi connectivity index (χ0) is 17.9. The van der Waals surface area contributed by atoms with Gasteiger partial charge in [-0.2, -0.15) is 0 Å². The zero-order valence-corrected chi connectivity index (χ0v) is 14.8. The summed E-state index contributed by atoms with van der Waals surface area (Å²) in [5, 5.41) is 19.9. The molecule has 0 spiro atoms. The number of fused-ring (bicyclic) bond motifs is 1. The average Bonchev–Trinajstić information content (AvgIpc) is 2.81. The summed E-state index contributed by atoms with van der Waals surface area (Å²) in [6, 6.07) is 3.91. The van der Waals surface area contributed by atoms with Crippen molar-refractivity contribution < 1.29 is 15.0 Å². The predicted molar refractivity (Wildman–Crippen MR) is 96.8 cm³/mol. The van der Waals surface area contributed by atoms with Gasteiger partial charge in [-0.25, -0.2) is 4.79 Å². The number of carbonyl (C=O) groups is 1. The smallest absolute Gasteiger partial charge is 0.337 e. The van der Waals surface area contributed by atoms with Crippen LogP contribution in [0.3, 0.4) is 0 Å². The van der Waals surface area contributed by atoms with Crippen LogP contribution in [0.2, 0.25) is 0 Å². The van der Waals surface area contributed by atoms with Crippen molar-refractivity contribution in [3.05, 3.63) is 34.5 Å². The Morgan fingerprint density at radius 1 is 1.29 bits per heavy atom. The maximum absolute atomic E-state index is 11.9. The number of hydrogen-bond acceptors (Lipinski definition) is 3. The summed E-state index contributed by atoms with van der Waals surface area (Å²) in [5.74, 6) is -0.645. The summed E-state index contributed by atoms with van der Waals surface area (Å²) in [7, 11) is 0. The number of hydrogen-bond donors (Lipinski definition) is 3. The van der Waals surface area contributed by atoms with Gasteiger partial charge in [-0.05, 0) is 61.9 Å². The van der Waals surface area contributed by atoms with E-state index >= 15 is 0 Å². The van der Waals surface area contributed by atoms with E-state index in [0.29, 0.717) is 25.1 Å². The van der Waals surface area contributed by atoms with Crippen molar-refractivity contribution in [3.63, 3.8) is 0 Å². The highest BCUT2D eigenvalue weighted by Crippen LogP contribution is 2.33. The Kier molecular flexibility index (Phi) is 6.02. The molecule has 0 radical (unpaired) electrons. The van der Waals surface area contributed by atoms with E-state index in [-0.39, 0.29) is 12.5 Å². The normalized spacial score (nSPS) is 11.6. The second-order valence-corrected chi connectivity index (χ2v) is 6.61. The summed E-state index contributed by atoms with van der Waals surface area (Å²) in [6.45, 7) is 7.57. The van der Waals surface area contributed by atoms with Gasteiger partial charge in [0.2, 0.25) is 0 Å². The van der Waals surface area contributed by atoms with Crippen LogP contribution < -0.4 is 5.73 Å². The number of aliphatic hydroxyl groups is 1. The van der Waals surface area contributed by atoms with Crippen LogP contribution in [0.5, 0.6) is 0 Å². The summed E-state index contributed by atoms with van der Waals surface area (Å²) in [6.07, 6.45) is 2.22. The van der Waals surface area contributed by atoms with Gasteiger partial charge in [0.05, 0.1) is 11.1 Å². The Morgan fingerprint density at radius 2 is 2.00 bits per heavy atom. The summed E-state index contributed by atoms with van der Waals surface area (Å²) in [5.41, 5.74) is 10.0. The quantitative estimate of drug-likeness (QED) is 0.693. The molecule has 0 fully saturated rings. The highest BCUT2D eigenvalue weighted by Gasteiger charge is 2.21. The van der Waals surface area contributed by atoms with Gasteiger partial charge in [-0.1, -0.05) is 13.8 Å². The fourth-order valence-electron chi connectivity index (χ4n) is 3.30. The van der Waals surface area contributed by atoms with Crippen molar-refractivity contribution in [2.24, 2.45) is 5.73 Å². The number of nitrogens with zero attached hydrogens (tertiary/aromatic N) is 1. The summed E-state index contributed by atoms with van der Waals surface area (Å²) in [4.78, 5) is 11.9. The van der Waals surface area contributed by atoms with Crippen LogP contribution in [0.15, 0.2) is 12.1 Å². The number of carboxylic acids is 1. The molecule has 0 bridgehead atoms. The van der Waals surface area contributed by atoms with Crippen LogP contribution in [-0.4, -0.2) is 33.9 Å². The Balaban J connectivity index is 2.79. The van der Waals surface area contributed by atoms with Crippen LogP contribution in [0.1, 0.15) is 59.8 Å². The van der Waals surface area contributed by atoms with Crippen LogP contribution >= 0.6 is 0 Å². The molecule has 5 nitrogen and oxygen atoms in total. The summed E-state index contributed by atoms with van der Waals surface area (Å²) >= 11 is 0. The monoisotopic (exact) mass is 332 g/mol. The zero-order valence-electron chi connectivity index (χ0n) is 14.8. The Hall–Kier alpha value is -1.85. The lowest BCUT2D eigenvalue weighted by Crippen LogP contribution is -2.09. The highest BCUT2D eigenvalue weighted by atomic mass is 16.4. The van der Waals surface area contributed by atoms with Crippen LogP contribution in [0.25, 0.3) is 10.9 Å². The lowest BCUT2D eigenvalue weighted by molar-refractivity contribution is 0.0698. The van der Waals surface area contributed by atoms with Crippen molar-refractivity contribution in [1.29, 1.82) is 0 Å². The molecule has 0 aliphatic heterocycles. The molecule has 5 heteroatoms. The SMILES string of the molecule is Cc1c(CCCO)c2cc(C(C)C)cc(C(=O)O)c2n1CCCN. The molecule has 0 atom stereocenters. The van der Waals surface area contributed by atoms with Gasteiger partial charge in [0.1, 0.15) is 0 Å². The third-order valence-corrected chi connectivity index (χ3v) is 4.64. The molecule has 2 aromatic rings. The molecule has 0 aliphatic rings. The fraction of sp³-hybridized carbons (Fsp3) is 0.526. The maximum Gasteiger partial charge on any atom is 0.337 e. The molecule has 0 amide bonds. The number of aromatic nitrogens is 1. The van der Waals surface area contributed by atoms with Gasteiger partial charge in [-0.15, -0.1) is 0 Å². The number of aliphatic hydroxyl groups excluding tert-OH is 1. The molecule has 1 aromatic heterocycles. The topological polar surface area (TPSA) is 88.5 Å². The number of rotatable bonds is 8. The molecular formula is C19H28N2O3. The number of carboxylic acid groups (broad SMARTS) is 1. The minimum absolute atomic E-state index is 0.130. The highest BCUT2D eigenvalue weighted by molar-refractivity contribution is 6.04. The number of nitrogens with two attached hydrogens (primary N) is 1. The van der Waals surface area contributed by atoms with E-state index in [1.807, 2.05) is 6.92 Å². The lowest BCUT2D eigenvalue weighted by Gasteiger charge is -2.12. The second-order valence-electron chi connectivity index (χ2n) is 6.61. The van der Waals surface area contributed by atoms with E-state index in [4.69, 9.17) is 5.73 Å². The molecule has 4 N–H and O–H groups in total. The maximum atomic E-state index is 11.9. The van der Waals surface area contributed by atoms with Crippen LogP contribution in [0.4, 0.5) is 0 Å². The van der Waals surface area contributed by atoms with Gasteiger partial charge in [0.15, 0.2) is 0 Å². The summed E-state index contributed by atoms with van der Waals surface area (Å²) < 4.78 is 2.09. The number of aryl methyl sites for hydroxylation is 2. The third kappa shape index (κ3) is 3.47. The van der Waals surface area contributed by atoms with Crippen LogP contribution in [0, 0.1) is 6.92 Å². The van der Waals surface area contributed by atoms with Crippen molar-refractivity contribution >= 4 is 16.9 Å². The molecule has 1 heterocycles. The van der Waals surface area contributed by atoms with Crippen molar-refractivity contribution in [2.75, 3.05) is 13.2 Å². The number of benzene rings is 1. The first-order valence-corrected chi connectivity index (χ1v) is 8.62. The molecule has 0 aliphatic carbocycles. The molecule has 2 rings (SSSR count). The first-order chi connectivity index (χ1) is 11.4. The van der Waals surface area contributed by atoms with Crippen molar-refractivity contribution in [2.45, 2.75) is 52.5 Å². The van der Waals surface area contributed by atoms with E-state index in [1.165, 1.54) is 0 Å². The first-order valence-electron chi connectivity index (χ1n) is 8.62. The van der Waals surface area contributed by atoms with Gasteiger partial charge >= 0.3 is 5.97 Å². The fourth-order valence-corrected chi connectivity index (χ4v) is 3.30. The molecule has 0 unspecified atom stereocenters. The van der Waals surface area contributed by atoms with Crippen molar-refractivity contribution in [3.8, 4) is 0 Å². The minimum Gasteiger partial charge on any atom is -0.478 e. The number of aromatic carboxylic acids is 1. The minimum atomic E-state index is -0.900. The second kappa shape index (κ2) is 7.81. The van der Waals surface area contributed by atoms with E-state index in [2.05, 4.69) is 24.5 Å². The Labute approximate surface area is 143 Å². The Bertz CT molecular complexity index is 732. The molecule has 132 valence electrons. The van der Waals surface area contributed by atoms with Crippen LogP contribution in [-0.2, 0) is 13.0 Å². The van der Waals surface area contributed by atoms with Gasteiger partial charge < -0.3 is 20.5 Å². The van der Waals surface area contributed by atoms with E-state index in [0.717, 1.165) is 40.6 Å². The molecule has 0 saturated carbocycles. The first kappa shape index (κ1) is 18.5. The largest absolute Gasteiger partial charge is 0.478 e. The molecule has 24 heavy (non-hydrogen) atoms. The van der Waals surface area contributed by atoms with Gasteiger partial charge in [0.25, 0.3) is 0 Å². The Morgan fingerprint density at radius 3 is 2.54 bits per heavy atom. The van der Waals surface area contributed by atoms with E-state index in [9.17, 15) is 15.0 Å². The molecule has 1 aromatic carbocycles. The lowest BCUT2D eigenvalue weighted by atomic mass is 9.95.